The normalized spacial score (nSPS) is 23.2. The van der Waals surface area contributed by atoms with Gasteiger partial charge >= 0.3 is 0 Å². The second kappa shape index (κ2) is 10.3. The van der Waals surface area contributed by atoms with Crippen molar-refractivity contribution >= 4 is 10.0 Å². The van der Waals surface area contributed by atoms with Crippen LogP contribution in [-0.4, -0.2) is 72.6 Å². The van der Waals surface area contributed by atoms with Gasteiger partial charge in [0.1, 0.15) is 5.82 Å². The van der Waals surface area contributed by atoms with E-state index in [0.29, 0.717) is 25.3 Å². The maximum absolute atomic E-state index is 14.0. The van der Waals surface area contributed by atoms with Crippen LogP contribution in [-0.2, 0) is 21.8 Å². The Bertz CT molecular complexity index is 1370. The molecule has 2 saturated heterocycles. The number of benzene rings is 2. The first-order valence-corrected chi connectivity index (χ1v) is 14.3. The van der Waals surface area contributed by atoms with Crippen molar-refractivity contribution < 1.29 is 17.5 Å². The molecule has 2 aliphatic rings. The number of hydrogen-bond donors (Lipinski definition) is 0. The molecule has 0 radical (unpaired) electrons. The predicted octanol–water partition coefficient (Wildman–Crippen LogP) is 4.11. The Morgan fingerprint density at radius 2 is 1.78 bits per heavy atom. The van der Waals surface area contributed by atoms with E-state index >= 15 is 0 Å². The summed E-state index contributed by atoms with van der Waals surface area (Å²) in [6.45, 7) is 6.18. The molecule has 0 spiro atoms. The smallest absolute Gasteiger partial charge is 0.277 e. The second-order valence-electron chi connectivity index (χ2n) is 10.2. The lowest BCUT2D eigenvalue weighted by atomic mass is 9.74. The summed E-state index contributed by atoms with van der Waals surface area (Å²) in [6.07, 6.45) is 4.92. The van der Waals surface area contributed by atoms with Crippen LogP contribution in [0.3, 0.4) is 0 Å². The molecule has 0 unspecified atom stereocenters. The molecule has 0 aliphatic carbocycles. The first-order chi connectivity index (χ1) is 17.7. The Balaban J connectivity index is 1.45. The molecule has 2 aliphatic heterocycles. The summed E-state index contributed by atoms with van der Waals surface area (Å²) >= 11 is 0. The van der Waals surface area contributed by atoms with E-state index in [1.54, 1.807) is 36.2 Å². The summed E-state index contributed by atoms with van der Waals surface area (Å²) in [5.41, 5.74) is 4.83. The maximum atomic E-state index is 14.0. The van der Waals surface area contributed by atoms with Crippen LogP contribution in [0.5, 0.6) is 0 Å². The van der Waals surface area contributed by atoms with Crippen molar-refractivity contribution in [2.24, 2.45) is 7.05 Å². The number of nitrogens with zero attached hydrogens (tertiary/aromatic N) is 4. The number of methoxy groups -OCH3 is 1. The lowest BCUT2D eigenvalue weighted by molar-refractivity contribution is -0.0635. The average Bonchev–Trinajstić information content (AvgIpc) is 3.31. The molecule has 0 N–H and O–H groups in total. The third kappa shape index (κ3) is 4.63. The molecule has 3 heterocycles. The summed E-state index contributed by atoms with van der Waals surface area (Å²) in [4.78, 5) is 6.55. The molecule has 198 valence electrons. The van der Waals surface area contributed by atoms with Gasteiger partial charge in [-0.2, -0.15) is 4.31 Å². The van der Waals surface area contributed by atoms with Gasteiger partial charge in [-0.1, -0.05) is 30.3 Å². The number of halogens is 1. The number of aromatic nitrogens is 2. The Morgan fingerprint density at radius 3 is 2.46 bits per heavy atom. The van der Waals surface area contributed by atoms with Crippen molar-refractivity contribution in [2.45, 2.75) is 49.8 Å². The van der Waals surface area contributed by atoms with E-state index in [9.17, 15) is 12.8 Å². The van der Waals surface area contributed by atoms with E-state index in [1.807, 2.05) is 13.0 Å². The summed E-state index contributed by atoms with van der Waals surface area (Å²) in [7, 11) is -0.277. The van der Waals surface area contributed by atoms with Crippen LogP contribution < -0.4 is 0 Å². The van der Waals surface area contributed by atoms with Gasteiger partial charge in [0, 0.05) is 57.6 Å². The Labute approximate surface area is 218 Å². The topological polar surface area (TPSA) is 67.7 Å². The zero-order valence-electron chi connectivity index (χ0n) is 21.9. The predicted molar refractivity (Wildman–Crippen MR) is 141 cm³/mol. The van der Waals surface area contributed by atoms with Crippen LogP contribution in [0, 0.1) is 19.7 Å². The van der Waals surface area contributed by atoms with E-state index in [2.05, 4.69) is 34.1 Å². The van der Waals surface area contributed by atoms with Gasteiger partial charge in [-0.15, -0.1) is 0 Å². The minimum Gasteiger partial charge on any atom is -0.383 e. The molecule has 5 rings (SSSR count). The molecule has 3 atom stereocenters. The zero-order valence-corrected chi connectivity index (χ0v) is 22.7. The van der Waals surface area contributed by atoms with E-state index in [0.717, 1.165) is 36.1 Å². The first-order valence-electron chi connectivity index (χ1n) is 12.8. The van der Waals surface area contributed by atoms with Gasteiger partial charge in [-0.3, -0.25) is 4.90 Å². The summed E-state index contributed by atoms with van der Waals surface area (Å²) < 4.78 is 49.8. The van der Waals surface area contributed by atoms with Crippen LogP contribution >= 0.6 is 0 Å². The van der Waals surface area contributed by atoms with Crippen LogP contribution in [0.4, 0.5) is 4.39 Å². The maximum Gasteiger partial charge on any atom is 0.277 e. The highest BCUT2D eigenvalue weighted by Gasteiger charge is 2.50. The van der Waals surface area contributed by atoms with Crippen molar-refractivity contribution in [3.63, 3.8) is 0 Å². The molecule has 0 amide bonds. The molecule has 37 heavy (non-hydrogen) atoms. The molecule has 0 bridgehead atoms. The third-order valence-corrected chi connectivity index (χ3v) is 10.0. The van der Waals surface area contributed by atoms with Gasteiger partial charge in [0.05, 0.1) is 6.61 Å². The SMILES string of the molecule is COC[C@@H]1[C@@H](c2ccc(-c3ccc(F)c(C)c3C)cc2)[C@@H]2CN(S(=O)(=O)c3nccn3C)CCCCN12. The van der Waals surface area contributed by atoms with Gasteiger partial charge in [0.15, 0.2) is 0 Å². The average molecular weight is 527 g/mol. The molecule has 9 heteroatoms. The number of hydrogen-bond acceptors (Lipinski definition) is 5. The van der Waals surface area contributed by atoms with Crippen LogP contribution in [0.2, 0.25) is 0 Å². The van der Waals surface area contributed by atoms with Crippen LogP contribution in [0.15, 0.2) is 53.9 Å². The number of aryl methyl sites for hydroxylation is 1. The fraction of sp³-hybridized carbons (Fsp3) is 0.464. The molecule has 3 aromatic rings. The quantitative estimate of drug-likeness (QED) is 0.484. The third-order valence-electron chi connectivity index (χ3n) is 8.16. The Hall–Kier alpha value is -2.59. The molecule has 7 nitrogen and oxygen atoms in total. The lowest BCUT2D eigenvalue weighted by Crippen LogP contribution is -2.68. The minimum absolute atomic E-state index is 0.0520. The number of rotatable bonds is 6. The largest absolute Gasteiger partial charge is 0.383 e. The highest BCUT2D eigenvalue weighted by atomic mass is 32.2. The standard InChI is InChI=1S/C28H35FN4O3S/c1-19-20(2)24(29)12-11-23(19)21-7-9-22(10-8-21)27-25-17-32(37(34,35)28-30-13-16-31(28)3)14-5-6-15-33(25)26(27)18-36-4/h7-13,16,25-27H,5-6,14-15,17-18H2,1-4H3/t25-,26+,27-/m0/s1. The molecular formula is C28H35FN4O3S. The van der Waals surface area contributed by atoms with Crippen molar-refractivity contribution in [1.82, 2.24) is 18.8 Å². The number of fused-ring (bicyclic) bond motifs is 1. The monoisotopic (exact) mass is 526 g/mol. The van der Waals surface area contributed by atoms with Gasteiger partial charge in [0.25, 0.3) is 10.0 Å². The van der Waals surface area contributed by atoms with Crippen molar-refractivity contribution in [1.29, 1.82) is 0 Å². The number of ether oxygens (including phenoxy) is 1. The van der Waals surface area contributed by atoms with Gasteiger partial charge < -0.3 is 9.30 Å². The summed E-state index contributed by atoms with van der Waals surface area (Å²) in [5, 5.41) is 0.0817. The number of sulfonamides is 1. The van der Waals surface area contributed by atoms with Crippen molar-refractivity contribution in [3.8, 4) is 11.1 Å². The summed E-state index contributed by atoms with van der Waals surface area (Å²) in [6, 6.07) is 12.0. The molecular weight excluding hydrogens is 491 g/mol. The summed E-state index contributed by atoms with van der Waals surface area (Å²) in [5.74, 6) is -0.0496. The second-order valence-corrected chi connectivity index (χ2v) is 12.0. The fourth-order valence-electron chi connectivity index (χ4n) is 5.98. The zero-order chi connectivity index (χ0) is 26.3. The van der Waals surface area contributed by atoms with E-state index in [4.69, 9.17) is 4.74 Å². The minimum atomic E-state index is -3.71. The van der Waals surface area contributed by atoms with E-state index in [1.165, 1.54) is 17.8 Å². The Kier molecular flexibility index (Phi) is 7.24. The molecule has 1 aromatic heterocycles. The highest BCUT2D eigenvalue weighted by molar-refractivity contribution is 7.89. The lowest BCUT2D eigenvalue weighted by Gasteiger charge is -2.57. The van der Waals surface area contributed by atoms with Crippen molar-refractivity contribution in [3.05, 3.63) is 71.3 Å². The van der Waals surface area contributed by atoms with Gasteiger partial charge in [0.2, 0.25) is 5.16 Å². The molecule has 0 saturated carbocycles. The van der Waals surface area contributed by atoms with Gasteiger partial charge in [-0.05, 0) is 67.1 Å². The van der Waals surface area contributed by atoms with E-state index < -0.39 is 10.0 Å². The molecule has 2 aromatic carbocycles. The Morgan fingerprint density at radius 1 is 1.05 bits per heavy atom. The first kappa shape index (κ1) is 26.0. The van der Waals surface area contributed by atoms with Crippen LogP contribution in [0.25, 0.3) is 11.1 Å². The van der Waals surface area contributed by atoms with Crippen LogP contribution in [0.1, 0.15) is 35.4 Å². The van der Waals surface area contributed by atoms with E-state index in [-0.39, 0.29) is 29.0 Å². The highest BCUT2D eigenvalue weighted by Crippen LogP contribution is 2.43. The fourth-order valence-corrected chi connectivity index (χ4v) is 7.55. The number of imidazole rings is 1. The van der Waals surface area contributed by atoms with Gasteiger partial charge in [-0.25, -0.2) is 17.8 Å². The van der Waals surface area contributed by atoms with Crippen molar-refractivity contribution in [2.75, 3.05) is 33.4 Å². The molecule has 2 fully saturated rings.